The smallest absolute Gasteiger partial charge is 0.317 e. The van der Waals surface area contributed by atoms with Crippen molar-refractivity contribution in [2.75, 3.05) is 0 Å². The third-order valence-electron chi connectivity index (χ3n) is 2.76. The molecule has 0 aliphatic heterocycles. The zero-order valence-electron chi connectivity index (χ0n) is 10.8. The van der Waals surface area contributed by atoms with E-state index in [-0.39, 0.29) is 17.1 Å². The first-order valence-corrected chi connectivity index (χ1v) is 6.13. The number of ether oxygens (including phenoxy) is 1. The highest BCUT2D eigenvalue weighted by atomic mass is 16.5. The van der Waals surface area contributed by atoms with E-state index in [1.165, 1.54) is 6.20 Å². The molecule has 0 aliphatic carbocycles. The van der Waals surface area contributed by atoms with Crippen LogP contribution in [0.5, 0.6) is 6.01 Å². The Kier molecular flexibility index (Phi) is 3.12. The maximum absolute atomic E-state index is 11.8. The predicted octanol–water partition coefficient (Wildman–Crippen LogP) is 1.60. The first-order valence-electron chi connectivity index (χ1n) is 6.13. The van der Waals surface area contributed by atoms with Gasteiger partial charge in [0.05, 0.1) is 6.20 Å². The highest BCUT2D eigenvalue weighted by Gasteiger charge is 2.06. The zero-order valence-corrected chi connectivity index (χ0v) is 10.8. The molecule has 0 amide bonds. The van der Waals surface area contributed by atoms with Crippen LogP contribution in [0.3, 0.4) is 0 Å². The van der Waals surface area contributed by atoms with E-state index in [4.69, 9.17) is 4.74 Å². The Morgan fingerprint density at radius 2 is 2.00 bits per heavy atom. The van der Waals surface area contributed by atoms with Crippen molar-refractivity contribution in [2.24, 2.45) is 0 Å². The Morgan fingerprint density at radius 1 is 1.20 bits per heavy atom. The molecular weight excluding hydrogens is 256 g/mol. The van der Waals surface area contributed by atoms with E-state index in [2.05, 4.69) is 19.9 Å². The lowest BCUT2D eigenvalue weighted by Gasteiger charge is -2.04. The number of benzene rings is 1. The van der Waals surface area contributed by atoms with Crippen LogP contribution in [0.4, 0.5) is 0 Å². The van der Waals surface area contributed by atoms with E-state index in [1.54, 1.807) is 6.92 Å². The summed E-state index contributed by atoms with van der Waals surface area (Å²) in [5.41, 5.74) is 1.40. The zero-order chi connectivity index (χ0) is 13.9. The molecule has 0 aliphatic rings. The van der Waals surface area contributed by atoms with Gasteiger partial charge in [-0.2, -0.15) is 4.98 Å². The minimum Gasteiger partial charge on any atom is -0.459 e. The standard InChI is InChI=1S/C14H12N4O2/c1-9-16-11-7-15-14(18-12(11)13(19)17-9)20-8-10-5-3-2-4-6-10/h2-7H,8H2,1H3,(H,16,17,19). The van der Waals surface area contributed by atoms with Gasteiger partial charge < -0.3 is 9.72 Å². The number of hydrogen-bond acceptors (Lipinski definition) is 5. The number of hydrogen-bond donors (Lipinski definition) is 1. The molecule has 0 radical (unpaired) electrons. The van der Waals surface area contributed by atoms with Crippen LogP contribution in [-0.2, 0) is 6.61 Å². The van der Waals surface area contributed by atoms with Crippen LogP contribution < -0.4 is 10.3 Å². The van der Waals surface area contributed by atoms with E-state index in [0.717, 1.165) is 5.56 Å². The van der Waals surface area contributed by atoms with Crippen LogP contribution in [-0.4, -0.2) is 19.9 Å². The molecule has 20 heavy (non-hydrogen) atoms. The molecule has 6 heteroatoms. The van der Waals surface area contributed by atoms with Crippen molar-refractivity contribution in [1.29, 1.82) is 0 Å². The molecule has 2 aromatic heterocycles. The summed E-state index contributed by atoms with van der Waals surface area (Å²) in [7, 11) is 0. The summed E-state index contributed by atoms with van der Waals surface area (Å²) in [5, 5.41) is 0. The van der Waals surface area contributed by atoms with Crippen LogP contribution in [0.25, 0.3) is 11.0 Å². The van der Waals surface area contributed by atoms with Crippen molar-refractivity contribution in [3.63, 3.8) is 0 Å². The van der Waals surface area contributed by atoms with Gasteiger partial charge in [0.2, 0.25) is 0 Å². The molecule has 0 atom stereocenters. The summed E-state index contributed by atoms with van der Waals surface area (Å²) in [6.07, 6.45) is 1.49. The maximum Gasteiger partial charge on any atom is 0.317 e. The maximum atomic E-state index is 11.8. The summed E-state index contributed by atoms with van der Waals surface area (Å²) in [6, 6.07) is 9.84. The Balaban J connectivity index is 1.88. The van der Waals surface area contributed by atoms with Crippen LogP contribution >= 0.6 is 0 Å². The number of aromatic nitrogens is 4. The third kappa shape index (κ3) is 2.49. The fourth-order valence-electron chi connectivity index (χ4n) is 1.83. The molecule has 0 saturated carbocycles. The molecule has 1 aromatic carbocycles. The van der Waals surface area contributed by atoms with E-state index < -0.39 is 0 Å². The number of rotatable bonds is 3. The van der Waals surface area contributed by atoms with Crippen LogP contribution in [0.1, 0.15) is 11.4 Å². The molecule has 0 spiro atoms. The normalized spacial score (nSPS) is 10.7. The molecule has 2 heterocycles. The second-order valence-electron chi connectivity index (χ2n) is 4.31. The lowest BCUT2D eigenvalue weighted by atomic mass is 10.2. The van der Waals surface area contributed by atoms with Crippen molar-refractivity contribution in [3.05, 3.63) is 58.3 Å². The molecule has 3 rings (SSSR count). The van der Waals surface area contributed by atoms with Gasteiger partial charge in [-0.15, -0.1) is 0 Å². The van der Waals surface area contributed by atoms with Gasteiger partial charge in [-0.05, 0) is 12.5 Å². The molecular formula is C14H12N4O2. The molecule has 100 valence electrons. The Morgan fingerprint density at radius 3 is 2.80 bits per heavy atom. The monoisotopic (exact) mass is 268 g/mol. The van der Waals surface area contributed by atoms with Gasteiger partial charge in [0.1, 0.15) is 17.9 Å². The fraction of sp³-hybridized carbons (Fsp3) is 0.143. The number of aryl methyl sites for hydroxylation is 1. The number of H-pyrrole nitrogens is 1. The third-order valence-corrected chi connectivity index (χ3v) is 2.76. The van der Waals surface area contributed by atoms with Crippen molar-refractivity contribution in [2.45, 2.75) is 13.5 Å². The Labute approximate surface area is 114 Å². The summed E-state index contributed by atoms with van der Waals surface area (Å²) in [5.74, 6) is 0.532. The van der Waals surface area contributed by atoms with Crippen LogP contribution in [0, 0.1) is 6.92 Å². The Bertz CT molecular complexity index is 799. The van der Waals surface area contributed by atoms with Crippen molar-refractivity contribution < 1.29 is 4.74 Å². The largest absolute Gasteiger partial charge is 0.459 e. The van der Waals surface area contributed by atoms with Crippen molar-refractivity contribution >= 4 is 11.0 Å². The Hall–Kier alpha value is -2.76. The van der Waals surface area contributed by atoms with Gasteiger partial charge in [-0.3, -0.25) is 4.79 Å². The van der Waals surface area contributed by atoms with Gasteiger partial charge in [-0.25, -0.2) is 9.97 Å². The minimum absolute atomic E-state index is 0.164. The molecule has 6 nitrogen and oxygen atoms in total. The van der Waals surface area contributed by atoms with E-state index in [0.29, 0.717) is 17.9 Å². The van der Waals surface area contributed by atoms with Crippen LogP contribution in [0.15, 0.2) is 41.3 Å². The van der Waals surface area contributed by atoms with E-state index in [9.17, 15) is 4.79 Å². The highest BCUT2D eigenvalue weighted by molar-refractivity contribution is 5.71. The second-order valence-corrected chi connectivity index (χ2v) is 4.31. The molecule has 0 fully saturated rings. The SMILES string of the molecule is Cc1nc2cnc(OCc3ccccc3)nc2c(=O)[nH]1. The van der Waals surface area contributed by atoms with Gasteiger partial charge in [0.15, 0.2) is 5.52 Å². The molecule has 0 bridgehead atoms. The van der Waals surface area contributed by atoms with Gasteiger partial charge in [0, 0.05) is 0 Å². The average Bonchev–Trinajstić information content (AvgIpc) is 2.46. The predicted molar refractivity (Wildman–Crippen MR) is 73.5 cm³/mol. The first-order chi connectivity index (χ1) is 9.72. The van der Waals surface area contributed by atoms with E-state index >= 15 is 0 Å². The topological polar surface area (TPSA) is 80.8 Å². The summed E-state index contributed by atoms with van der Waals surface area (Å²) in [6.45, 7) is 2.06. The lowest BCUT2D eigenvalue weighted by molar-refractivity contribution is 0.282. The quantitative estimate of drug-likeness (QED) is 0.780. The molecule has 0 saturated heterocycles. The lowest BCUT2D eigenvalue weighted by Crippen LogP contribution is -2.12. The van der Waals surface area contributed by atoms with Crippen LogP contribution in [0.2, 0.25) is 0 Å². The number of nitrogens with one attached hydrogen (secondary N) is 1. The van der Waals surface area contributed by atoms with E-state index in [1.807, 2.05) is 30.3 Å². The summed E-state index contributed by atoms with van der Waals surface area (Å²) in [4.78, 5) is 26.7. The van der Waals surface area contributed by atoms with Crippen molar-refractivity contribution in [1.82, 2.24) is 19.9 Å². The first kappa shape index (κ1) is 12.3. The number of nitrogens with zero attached hydrogens (tertiary/aromatic N) is 3. The fourth-order valence-corrected chi connectivity index (χ4v) is 1.83. The average molecular weight is 268 g/mol. The number of aromatic amines is 1. The van der Waals surface area contributed by atoms with Crippen molar-refractivity contribution in [3.8, 4) is 6.01 Å². The summed E-state index contributed by atoms with van der Waals surface area (Å²) >= 11 is 0. The highest BCUT2D eigenvalue weighted by Crippen LogP contribution is 2.10. The summed E-state index contributed by atoms with van der Waals surface area (Å²) < 4.78 is 5.48. The molecule has 1 N–H and O–H groups in total. The van der Waals surface area contributed by atoms with Gasteiger partial charge >= 0.3 is 6.01 Å². The number of fused-ring (bicyclic) bond motifs is 1. The molecule has 0 unspecified atom stereocenters. The molecule has 3 aromatic rings. The van der Waals surface area contributed by atoms with Gasteiger partial charge in [-0.1, -0.05) is 30.3 Å². The van der Waals surface area contributed by atoms with Gasteiger partial charge in [0.25, 0.3) is 5.56 Å². The minimum atomic E-state index is -0.292. The second kappa shape index (κ2) is 5.08.